The second-order valence-electron chi connectivity index (χ2n) is 13.1. The van der Waals surface area contributed by atoms with Gasteiger partial charge in [0.15, 0.2) is 11.5 Å². The zero-order valence-electron chi connectivity index (χ0n) is 43.9. The summed E-state index contributed by atoms with van der Waals surface area (Å²) in [6.45, 7) is 6.93. The van der Waals surface area contributed by atoms with Crippen molar-refractivity contribution in [2.24, 2.45) is 0 Å². The summed E-state index contributed by atoms with van der Waals surface area (Å²) in [4.78, 5) is 22.4. The summed E-state index contributed by atoms with van der Waals surface area (Å²) in [7, 11) is 0. The number of benzene rings is 6. The number of nitrogens with one attached hydrogen (secondary N) is 1. The molecule has 6 nitrogen and oxygen atoms in total. The summed E-state index contributed by atoms with van der Waals surface area (Å²) >= 11 is 0. The molecule has 0 saturated carbocycles. The fourth-order valence-electron chi connectivity index (χ4n) is 6.53. The van der Waals surface area contributed by atoms with Gasteiger partial charge in [0.1, 0.15) is 14.1 Å². The van der Waals surface area contributed by atoms with Gasteiger partial charge in [-0.3, -0.25) is 9.78 Å². The van der Waals surface area contributed by atoms with Crippen molar-refractivity contribution in [1.82, 2.24) is 15.0 Å². The molecule has 2 aromatic heterocycles. The number of carbonyl (C=O) groups excluding carboxylic acids is 1. The van der Waals surface area contributed by atoms with Gasteiger partial charge < -0.3 is 10.1 Å². The van der Waals surface area contributed by atoms with Crippen LogP contribution in [0.4, 0.5) is 0 Å². The van der Waals surface area contributed by atoms with Crippen LogP contribution in [-0.2, 0) is 31.4 Å². The Kier molecular flexibility index (Phi) is 7.52. The average molecular weight is 914 g/mol. The van der Waals surface area contributed by atoms with Gasteiger partial charge in [-0.1, -0.05) is 108 Å². The first kappa shape index (κ1) is 25.4. The molecule has 1 aliphatic rings. The van der Waals surface area contributed by atoms with Crippen LogP contribution in [0.15, 0.2) is 121 Å². The molecule has 0 amide bonds. The van der Waals surface area contributed by atoms with Gasteiger partial charge in [0.2, 0.25) is 0 Å². The van der Waals surface area contributed by atoms with Gasteiger partial charge in [0.25, 0.3) is 5.82 Å². The fourth-order valence-corrected chi connectivity index (χ4v) is 6.53. The summed E-state index contributed by atoms with van der Waals surface area (Å²) in [5.74, 6) is 0.141. The predicted octanol–water partition coefficient (Wildman–Crippen LogP) is 11.0. The Bertz CT molecular complexity index is 3400. The molecule has 0 aliphatic carbocycles. The monoisotopic (exact) mass is 914 g/mol. The largest absolute Gasteiger partial charge is 0.512 e. The number of fused-ring (bicyclic) bond motifs is 9. The van der Waals surface area contributed by atoms with E-state index in [4.69, 9.17) is 27.9 Å². The zero-order valence-corrected chi connectivity index (χ0v) is 33.3. The number of ketones is 1. The Morgan fingerprint density at radius 1 is 0.909 bits per heavy atom. The van der Waals surface area contributed by atoms with Gasteiger partial charge in [-0.25, -0.2) is 9.55 Å². The van der Waals surface area contributed by atoms with E-state index >= 15 is 0 Å². The van der Waals surface area contributed by atoms with E-state index in [0.29, 0.717) is 5.56 Å². The molecule has 0 unspecified atom stereocenters. The van der Waals surface area contributed by atoms with Crippen LogP contribution in [0.25, 0.3) is 66.4 Å². The predicted molar refractivity (Wildman–Crippen MR) is 221 cm³/mol. The Morgan fingerprint density at radius 3 is 2.42 bits per heavy atom. The average Bonchev–Trinajstić information content (AvgIpc) is 3.79. The van der Waals surface area contributed by atoms with Crippen molar-refractivity contribution in [3.8, 4) is 33.8 Å². The Hall–Kier alpha value is -5.75. The van der Waals surface area contributed by atoms with E-state index in [9.17, 15) is 4.79 Å². The summed E-state index contributed by atoms with van der Waals surface area (Å²) in [6.07, 6.45) is 2.77. The second-order valence-corrected chi connectivity index (χ2v) is 13.1. The normalized spacial score (nSPS) is 15.2. The number of aryl methyl sites for hydroxylation is 2. The van der Waals surface area contributed by atoms with Crippen LogP contribution in [0.3, 0.4) is 0 Å². The third kappa shape index (κ3) is 8.05. The number of H-pyrrole nitrogens is 1. The number of carbonyl (C=O) groups is 1. The van der Waals surface area contributed by atoms with Crippen molar-refractivity contribution in [3.63, 3.8) is 0 Å². The molecule has 0 spiro atoms. The van der Waals surface area contributed by atoms with Crippen LogP contribution < -0.4 is 4.57 Å². The standard InChI is InChI=1S/C25H22N2.C18H13N2.C5H8O2.Ir/c1-16-7-4-10-19(13-16)21-12-6-11-20-14-27-15-22(26-25(27)24(20)21)23-17(2)8-5-9-18(23)3;1-11-7-8-14-13-5-3-4-6-15(13)18-17(16(14)9-11)19-10-12(2)20-18;1-4(6)3-5(2)7;/h4-13,15H,14H2,1-3H3;3-8,10H,1-2H3;3,6H,1-2H3;/q;-1;;/p+1/i2D3,4D,5D,6D,7D,8D,9D,11D,12D,13D,15D;;;. The topological polar surface area (TPSA) is 82.8 Å². The summed E-state index contributed by atoms with van der Waals surface area (Å²) < 4.78 is 110. The molecule has 6 aromatic carbocycles. The molecule has 1 aliphatic heterocycles. The van der Waals surface area contributed by atoms with Crippen LogP contribution in [0.1, 0.15) is 65.2 Å². The van der Waals surface area contributed by atoms with Gasteiger partial charge >= 0.3 is 0 Å². The van der Waals surface area contributed by atoms with E-state index in [1.54, 1.807) is 0 Å². The molecule has 277 valence electrons. The zero-order chi connectivity index (χ0) is 49.3. The van der Waals surface area contributed by atoms with Crippen LogP contribution in [0.2, 0.25) is 0 Å². The van der Waals surface area contributed by atoms with Crippen LogP contribution >= 0.6 is 0 Å². The summed E-state index contributed by atoms with van der Waals surface area (Å²) in [5, 5.41) is 13.0. The maximum absolute atomic E-state index is 10.0. The molecule has 0 bridgehead atoms. The molecule has 2 N–H and O–H groups in total. The molecular formula is C48H44IrN4O2. The fraction of sp³-hybridized carbons (Fsp3) is 0.167. The molecule has 8 aromatic rings. The first-order valence-corrected chi connectivity index (χ1v) is 17.2. The molecule has 1 radical (unpaired) electrons. The Labute approximate surface area is 354 Å². The van der Waals surface area contributed by atoms with Gasteiger partial charge in [0.05, 0.1) is 34.9 Å². The van der Waals surface area contributed by atoms with E-state index in [1.807, 2.05) is 13.1 Å². The second kappa shape index (κ2) is 16.3. The van der Waals surface area contributed by atoms with Crippen molar-refractivity contribution in [2.75, 3.05) is 0 Å². The van der Waals surface area contributed by atoms with Crippen molar-refractivity contribution < 1.29 is 52.4 Å². The Balaban J connectivity index is 0.000000224. The number of nitrogens with zero attached hydrogens (tertiary/aromatic N) is 3. The smallest absolute Gasteiger partial charge is 0.288 e. The maximum atomic E-state index is 10.0. The number of allylic oxidation sites excluding steroid dienone is 2. The van der Waals surface area contributed by atoms with Crippen molar-refractivity contribution in [3.05, 3.63) is 161 Å². The molecule has 3 heterocycles. The quantitative estimate of drug-likeness (QED) is 0.0608. The third-order valence-electron chi connectivity index (χ3n) is 8.75. The van der Waals surface area contributed by atoms with E-state index in [-0.39, 0.29) is 126 Å². The van der Waals surface area contributed by atoms with E-state index in [1.165, 1.54) is 55.2 Å². The van der Waals surface area contributed by atoms with E-state index < -0.39 is 30.5 Å². The molecule has 0 atom stereocenters. The van der Waals surface area contributed by atoms with Gasteiger partial charge in [-0.15, -0.1) is 29.1 Å². The van der Waals surface area contributed by atoms with Gasteiger partial charge in [-0.2, -0.15) is 0 Å². The first-order valence-electron chi connectivity index (χ1n) is 23.7. The molecular weight excluding hydrogens is 857 g/mol. The first-order chi connectivity index (χ1) is 31.4. The van der Waals surface area contributed by atoms with E-state index in [0.717, 1.165) is 33.1 Å². The number of aliphatic hydroxyl groups is 1. The summed E-state index contributed by atoms with van der Waals surface area (Å²) in [5.41, 5.74) is 4.45. The number of hydrogen-bond donors (Lipinski definition) is 2. The maximum Gasteiger partial charge on any atom is 0.288 e. The van der Waals surface area contributed by atoms with Gasteiger partial charge in [0, 0.05) is 53.1 Å². The number of imidazole rings is 1. The number of hydrogen-bond acceptors (Lipinski definition) is 4. The van der Waals surface area contributed by atoms with Crippen molar-refractivity contribution >= 4 is 38.4 Å². The number of aromatic nitrogens is 4. The van der Waals surface area contributed by atoms with Gasteiger partial charge in [-0.05, 0) is 69.1 Å². The molecule has 0 fully saturated rings. The minimum Gasteiger partial charge on any atom is -0.512 e. The SMILES string of the molecule is CC(=O)C=C(C)O.Cc1[c-]c2c(cc1)c1ccccc1c1nc(C)cnc21.[2H]c1cc(-c2c([2H])c([2H])c([2H])c3c2-c2[nH]c(-c4c(C)c([2H])c([2H])c([2H])c4C([2H])([2H])[2H])c([2H])[n+]2C3)c([2H])c(C)c1[2H].[Ir]. The van der Waals surface area contributed by atoms with E-state index in [2.05, 4.69) is 59.4 Å². The molecule has 0 saturated heterocycles. The minimum absolute atomic E-state index is 0. The minimum atomic E-state index is -2.83. The van der Waals surface area contributed by atoms with Crippen molar-refractivity contribution in [2.45, 2.75) is 54.9 Å². The number of aliphatic hydroxyl groups excluding tert-OH is 1. The molecule has 9 rings (SSSR count). The van der Waals surface area contributed by atoms with Crippen LogP contribution in [0, 0.1) is 40.6 Å². The van der Waals surface area contributed by atoms with Crippen LogP contribution in [-0.4, -0.2) is 25.8 Å². The number of rotatable bonds is 3. The molecule has 55 heavy (non-hydrogen) atoms. The van der Waals surface area contributed by atoms with Crippen molar-refractivity contribution in [1.29, 1.82) is 0 Å². The van der Waals surface area contributed by atoms with Crippen LogP contribution in [0.5, 0.6) is 0 Å². The third-order valence-corrected chi connectivity index (χ3v) is 8.75. The molecule has 7 heteroatoms. The Morgan fingerprint density at radius 2 is 1.67 bits per heavy atom. The number of aromatic amines is 1. The summed E-state index contributed by atoms with van der Waals surface area (Å²) in [6, 6.07) is 14.4.